The number of amides is 2. The van der Waals surface area contributed by atoms with Gasteiger partial charge in [-0.3, -0.25) is 14.4 Å². The van der Waals surface area contributed by atoms with Gasteiger partial charge in [0.2, 0.25) is 5.91 Å². The van der Waals surface area contributed by atoms with E-state index in [9.17, 15) is 19.8 Å². The molecule has 1 aliphatic heterocycles. The average molecular weight is 864 g/mol. The third-order valence-corrected chi connectivity index (χ3v) is 13.3. The second-order valence-corrected chi connectivity index (χ2v) is 18.7. The number of halogens is 1. The predicted octanol–water partition coefficient (Wildman–Crippen LogP) is 5.90. The van der Waals surface area contributed by atoms with Crippen molar-refractivity contribution in [3.63, 3.8) is 0 Å². The molecule has 61 heavy (non-hydrogen) atoms. The lowest BCUT2D eigenvalue weighted by Crippen LogP contribution is -2.55. The fourth-order valence-corrected chi connectivity index (χ4v) is 9.49. The lowest BCUT2D eigenvalue weighted by molar-refractivity contribution is -0.182. The summed E-state index contributed by atoms with van der Waals surface area (Å²) in [6.45, 7) is 13.3. The highest BCUT2D eigenvalue weighted by Crippen LogP contribution is 2.44. The van der Waals surface area contributed by atoms with Crippen LogP contribution < -0.4 is 20.7 Å². The van der Waals surface area contributed by atoms with E-state index in [0.717, 1.165) is 53.9 Å². The Morgan fingerprint density at radius 1 is 1.05 bits per heavy atom. The van der Waals surface area contributed by atoms with Gasteiger partial charge in [-0.2, -0.15) is 5.06 Å². The van der Waals surface area contributed by atoms with Gasteiger partial charge in [-0.05, 0) is 93.9 Å². The number of hydrogen-bond acceptors (Lipinski definition) is 10. The smallest absolute Gasteiger partial charge is 0.251 e. The van der Waals surface area contributed by atoms with Gasteiger partial charge in [-0.25, -0.2) is 0 Å². The number of carbonyl (C=O) groups excluding carboxylic acids is 2. The minimum absolute atomic E-state index is 0.0254. The van der Waals surface area contributed by atoms with Crippen LogP contribution in [0.15, 0.2) is 66.7 Å². The van der Waals surface area contributed by atoms with Crippen LogP contribution in [0.1, 0.15) is 68.9 Å². The molecule has 2 fully saturated rings. The summed E-state index contributed by atoms with van der Waals surface area (Å²) in [6, 6.07) is 20.7. The topological polar surface area (TPSA) is 139 Å². The summed E-state index contributed by atoms with van der Waals surface area (Å²) in [7, 11) is 7.64. The Hall–Kier alpha value is -3.75. The molecule has 0 radical (unpaired) electrons. The van der Waals surface area contributed by atoms with Crippen molar-refractivity contribution in [2.75, 3.05) is 72.2 Å². The van der Waals surface area contributed by atoms with E-state index in [4.69, 9.17) is 21.2 Å². The first-order valence-electron chi connectivity index (χ1n) is 21.9. The van der Waals surface area contributed by atoms with Crippen molar-refractivity contribution in [1.29, 1.82) is 0 Å². The van der Waals surface area contributed by atoms with Gasteiger partial charge in [-0.15, -0.1) is 11.6 Å². The van der Waals surface area contributed by atoms with Crippen LogP contribution >= 0.6 is 11.6 Å². The standard InChI is InChI=1S/C48H71ClN6O6/c1-31-32(2)48(4,5)19-18-41(31)52-47(59)44-43(33(3)57)42(30-56)61-55(44)28-35-16-13-17-40(45(35)60-9)36-25-37(27-38(26-36)50-21-23-54(8)22-20-49)46(58)51-39(29-53(6)7)24-34-14-11-10-12-15-34/h10-17,25-27,31-33,39,41-44,50,56-57H,18-24,28-30H2,1-9H3,(H,51,58)(H,52,59)/t31-,32-,33-,39-,41-,42-,43-,44-/m0/s1. The van der Waals surface area contributed by atoms with E-state index in [1.165, 1.54) is 0 Å². The van der Waals surface area contributed by atoms with E-state index < -0.39 is 24.2 Å². The molecule has 2 amide bonds. The van der Waals surface area contributed by atoms with Crippen molar-refractivity contribution in [2.24, 2.45) is 23.2 Å². The highest BCUT2D eigenvalue weighted by molar-refractivity contribution is 6.18. The number of anilines is 1. The first-order chi connectivity index (χ1) is 29.1. The van der Waals surface area contributed by atoms with Crippen LogP contribution in [0.4, 0.5) is 5.69 Å². The number of methoxy groups -OCH3 is 1. The highest BCUT2D eigenvalue weighted by atomic mass is 35.5. The van der Waals surface area contributed by atoms with Crippen molar-refractivity contribution >= 4 is 29.1 Å². The number of ether oxygens (including phenoxy) is 1. The third-order valence-electron chi connectivity index (χ3n) is 13.1. The number of rotatable bonds is 20. The summed E-state index contributed by atoms with van der Waals surface area (Å²) in [6.07, 6.45) is 0.828. The number of benzene rings is 3. The molecule has 8 atom stereocenters. The number of para-hydroxylation sites is 1. The van der Waals surface area contributed by atoms with Gasteiger partial charge in [0.1, 0.15) is 17.9 Å². The molecule has 336 valence electrons. The van der Waals surface area contributed by atoms with Gasteiger partial charge >= 0.3 is 0 Å². The van der Waals surface area contributed by atoms with E-state index >= 15 is 0 Å². The van der Waals surface area contributed by atoms with Crippen LogP contribution in [0.5, 0.6) is 5.75 Å². The Kier molecular flexibility index (Phi) is 17.5. The normalized spacial score (nSPS) is 23.8. The van der Waals surface area contributed by atoms with E-state index in [1.807, 2.05) is 75.7 Å². The molecule has 3 aromatic rings. The maximum absolute atomic E-state index is 14.4. The molecule has 1 saturated carbocycles. The van der Waals surface area contributed by atoms with E-state index in [-0.39, 0.29) is 48.4 Å². The molecule has 0 aromatic heterocycles. The van der Waals surface area contributed by atoms with Crippen LogP contribution in [0.3, 0.4) is 0 Å². The predicted molar refractivity (Wildman–Crippen MR) is 245 cm³/mol. The van der Waals surface area contributed by atoms with Gasteiger partial charge in [-0.1, -0.05) is 76.2 Å². The minimum Gasteiger partial charge on any atom is -0.496 e. The Morgan fingerprint density at radius 3 is 2.44 bits per heavy atom. The van der Waals surface area contributed by atoms with Crippen LogP contribution in [-0.2, 0) is 22.6 Å². The number of likely N-dealkylation sites (N-methyl/N-ethyl adjacent to an activating group) is 2. The molecule has 3 aromatic carbocycles. The molecule has 0 bridgehead atoms. The zero-order valence-electron chi connectivity index (χ0n) is 37.8. The number of alkyl halides is 1. The van der Waals surface area contributed by atoms with Crippen molar-refractivity contribution in [3.8, 4) is 16.9 Å². The molecule has 13 heteroatoms. The Balaban J connectivity index is 1.47. The summed E-state index contributed by atoms with van der Waals surface area (Å²) in [4.78, 5) is 39.1. The van der Waals surface area contributed by atoms with Crippen LogP contribution in [0.25, 0.3) is 11.1 Å². The van der Waals surface area contributed by atoms with Crippen molar-refractivity contribution in [1.82, 2.24) is 25.5 Å². The number of hydroxylamine groups is 2. The number of hydrogen-bond donors (Lipinski definition) is 5. The molecule has 0 unspecified atom stereocenters. The monoisotopic (exact) mass is 863 g/mol. The van der Waals surface area contributed by atoms with Gasteiger partial charge in [0.25, 0.3) is 5.91 Å². The summed E-state index contributed by atoms with van der Waals surface area (Å²) < 4.78 is 6.16. The van der Waals surface area contributed by atoms with E-state index in [0.29, 0.717) is 42.6 Å². The summed E-state index contributed by atoms with van der Waals surface area (Å²) in [5.74, 6) is 0.664. The van der Waals surface area contributed by atoms with Crippen LogP contribution in [0, 0.1) is 23.2 Å². The fourth-order valence-electron chi connectivity index (χ4n) is 9.20. The lowest BCUT2D eigenvalue weighted by atomic mass is 9.63. The molecule has 0 spiro atoms. The first kappa shape index (κ1) is 48.3. The minimum atomic E-state index is -0.924. The van der Waals surface area contributed by atoms with Crippen molar-refractivity contribution < 1.29 is 29.4 Å². The molecule has 5 rings (SSSR count). The van der Waals surface area contributed by atoms with E-state index in [2.05, 4.69) is 65.6 Å². The molecule has 5 N–H and O–H groups in total. The highest BCUT2D eigenvalue weighted by Gasteiger charge is 2.50. The molecule has 12 nitrogen and oxygen atoms in total. The lowest BCUT2D eigenvalue weighted by Gasteiger charge is -2.46. The quantitative estimate of drug-likeness (QED) is 0.0874. The van der Waals surface area contributed by atoms with Gasteiger partial charge in [0, 0.05) is 72.4 Å². The molecular formula is C48H71ClN6O6. The number of nitrogens with zero attached hydrogens (tertiary/aromatic N) is 3. The molecule has 2 aliphatic rings. The zero-order chi connectivity index (χ0) is 44.4. The summed E-state index contributed by atoms with van der Waals surface area (Å²) >= 11 is 6.00. The van der Waals surface area contributed by atoms with Crippen molar-refractivity contribution in [3.05, 3.63) is 83.4 Å². The maximum atomic E-state index is 14.4. The van der Waals surface area contributed by atoms with Crippen molar-refractivity contribution in [2.45, 2.75) is 90.8 Å². The summed E-state index contributed by atoms with van der Waals surface area (Å²) in [5.41, 5.74) is 4.85. The number of nitrogens with one attached hydrogen (secondary N) is 3. The Labute approximate surface area is 369 Å². The van der Waals surface area contributed by atoms with Crippen LogP contribution in [0.2, 0.25) is 0 Å². The molecule has 1 saturated heterocycles. The maximum Gasteiger partial charge on any atom is 0.251 e. The summed E-state index contributed by atoms with van der Waals surface area (Å²) in [5, 5.41) is 33.2. The third kappa shape index (κ3) is 12.5. The number of carbonyl (C=O) groups is 2. The Bertz CT molecular complexity index is 1880. The molecule has 1 aliphatic carbocycles. The first-order valence-corrected chi connectivity index (χ1v) is 22.4. The van der Waals surface area contributed by atoms with Gasteiger partial charge in [0.05, 0.1) is 26.4 Å². The zero-order valence-corrected chi connectivity index (χ0v) is 38.5. The van der Waals surface area contributed by atoms with Crippen LogP contribution in [-0.4, -0.2) is 134 Å². The second kappa shape index (κ2) is 22.0. The largest absolute Gasteiger partial charge is 0.496 e. The SMILES string of the molecule is COc1c(CN2O[C@@H](CO)[C@H]([C@H](C)O)[C@H]2C(=O)N[C@H]2CCC(C)(C)[C@@H](C)[C@@H]2C)cccc1-c1cc(NCCN(C)CCCl)cc(C(=O)N[C@@H](Cc2ccccc2)CN(C)C)c1. The van der Waals surface area contributed by atoms with E-state index in [1.54, 1.807) is 19.1 Å². The number of aliphatic hydroxyl groups excluding tert-OH is 2. The Morgan fingerprint density at radius 2 is 1.79 bits per heavy atom. The molecule has 1 heterocycles. The fraction of sp³-hybridized carbons (Fsp3) is 0.583. The van der Waals surface area contributed by atoms with Gasteiger partial charge < -0.3 is 40.7 Å². The number of aliphatic hydroxyl groups is 2. The average Bonchev–Trinajstić information content (AvgIpc) is 3.60. The second-order valence-electron chi connectivity index (χ2n) is 18.3. The molecular weight excluding hydrogens is 792 g/mol. The van der Waals surface area contributed by atoms with Gasteiger partial charge in [0.15, 0.2) is 0 Å².